The van der Waals surface area contributed by atoms with Crippen molar-refractivity contribution in [2.45, 2.75) is 6.92 Å². The van der Waals surface area contributed by atoms with Crippen LogP contribution in [0.4, 0.5) is 15.8 Å². The predicted molar refractivity (Wildman–Crippen MR) is 78.1 cm³/mol. The highest BCUT2D eigenvalue weighted by molar-refractivity contribution is 6.08. The van der Waals surface area contributed by atoms with Gasteiger partial charge in [-0.15, -0.1) is 0 Å². The van der Waals surface area contributed by atoms with E-state index in [0.717, 1.165) is 11.6 Å². The van der Waals surface area contributed by atoms with E-state index in [0.29, 0.717) is 11.3 Å². The lowest BCUT2D eigenvalue weighted by Gasteiger charge is -2.11. The number of hydrogen-bond donors (Lipinski definition) is 3. The first kappa shape index (κ1) is 14.5. The van der Waals surface area contributed by atoms with Crippen molar-refractivity contribution in [2.75, 3.05) is 10.7 Å². The summed E-state index contributed by atoms with van der Waals surface area (Å²) in [6, 6.07) is 10.8. The average Bonchev–Trinajstić information content (AvgIpc) is 2.49. The van der Waals surface area contributed by atoms with E-state index in [9.17, 15) is 9.18 Å². The fourth-order valence-electron chi connectivity index (χ4n) is 1.85. The molecular weight excluding hydrogens is 271 g/mol. The molecule has 6 heteroatoms. The van der Waals surface area contributed by atoms with Crippen LogP contribution in [0.1, 0.15) is 21.5 Å². The van der Waals surface area contributed by atoms with Crippen molar-refractivity contribution in [2.24, 2.45) is 5.84 Å². The molecule has 0 saturated heterocycles. The van der Waals surface area contributed by atoms with Crippen LogP contribution in [0.3, 0.4) is 0 Å². The molecule has 0 spiro atoms. The Kier molecular flexibility index (Phi) is 4.16. The second-order valence-corrected chi connectivity index (χ2v) is 4.45. The van der Waals surface area contributed by atoms with Crippen LogP contribution in [-0.4, -0.2) is 5.91 Å². The molecule has 0 aliphatic rings. The van der Waals surface area contributed by atoms with Gasteiger partial charge in [0.25, 0.3) is 5.91 Å². The Morgan fingerprint density at radius 2 is 1.95 bits per heavy atom. The van der Waals surface area contributed by atoms with E-state index in [-0.39, 0.29) is 11.3 Å². The van der Waals surface area contributed by atoms with Gasteiger partial charge in [0.1, 0.15) is 5.82 Å². The zero-order valence-electron chi connectivity index (χ0n) is 11.3. The van der Waals surface area contributed by atoms with Gasteiger partial charge in [0.15, 0.2) is 0 Å². The molecule has 5 nitrogen and oxygen atoms in total. The molecule has 1 amide bonds. The highest BCUT2D eigenvalue weighted by Gasteiger charge is 2.13. The molecule has 0 aliphatic carbocycles. The van der Waals surface area contributed by atoms with Gasteiger partial charge in [-0.1, -0.05) is 11.6 Å². The topological polar surface area (TPSA) is 90.9 Å². The van der Waals surface area contributed by atoms with Gasteiger partial charge < -0.3 is 10.7 Å². The van der Waals surface area contributed by atoms with Crippen molar-refractivity contribution in [1.29, 1.82) is 5.26 Å². The lowest BCUT2D eigenvalue weighted by molar-refractivity contribution is 0.102. The van der Waals surface area contributed by atoms with Gasteiger partial charge in [0, 0.05) is 0 Å². The number of nitrogens with two attached hydrogens (primary N) is 1. The minimum atomic E-state index is -0.669. The second-order valence-electron chi connectivity index (χ2n) is 4.45. The van der Waals surface area contributed by atoms with Crippen molar-refractivity contribution in [3.8, 4) is 6.07 Å². The van der Waals surface area contributed by atoms with E-state index in [4.69, 9.17) is 11.1 Å². The Morgan fingerprint density at radius 3 is 2.57 bits per heavy atom. The number of hydrazine groups is 1. The number of anilines is 2. The van der Waals surface area contributed by atoms with E-state index in [1.54, 1.807) is 18.2 Å². The maximum Gasteiger partial charge on any atom is 0.257 e. The quantitative estimate of drug-likeness (QED) is 0.596. The number of halogens is 1. The molecule has 2 aromatic carbocycles. The van der Waals surface area contributed by atoms with Crippen LogP contribution in [0.5, 0.6) is 0 Å². The van der Waals surface area contributed by atoms with Crippen molar-refractivity contribution in [1.82, 2.24) is 0 Å². The smallest absolute Gasteiger partial charge is 0.257 e. The van der Waals surface area contributed by atoms with Gasteiger partial charge in [0.05, 0.1) is 28.6 Å². The number of carbonyl (C=O) groups is 1. The molecule has 0 radical (unpaired) electrons. The first-order chi connectivity index (χ1) is 10.0. The van der Waals surface area contributed by atoms with E-state index in [1.165, 1.54) is 12.1 Å². The number of amides is 1. The molecule has 0 aromatic heterocycles. The second kappa shape index (κ2) is 6.03. The third-order valence-corrected chi connectivity index (χ3v) is 2.92. The minimum Gasteiger partial charge on any atom is -0.323 e. The zero-order valence-corrected chi connectivity index (χ0v) is 11.3. The summed E-state index contributed by atoms with van der Waals surface area (Å²) in [4.78, 5) is 12.2. The molecule has 0 bridgehead atoms. The van der Waals surface area contributed by atoms with Crippen LogP contribution < -0.4 is 16.6 Å². The van der Waals surface area contributed by atoms with Crippen molar-refractivity contribution < 1.29 is 9.18 Å². The lowest BCUT2D eigenvalue weighted by Crippen LogP contribution is -2.18. The summed E-state index contributed by atoms with van der Waals surface area (Å²) in [5.41, 5.74) is 4.23. The third-order valence-electron chi connectivity index (χ3n) is 2.92. The molecule has 0 aliphatic heterocycles. The van der Waals surface area contributed by atoms with Crippen molar-refractivity contribution in [3.05, 3.63) is 58.9 Å². The first-order valence-corrected chi connectivity index (χ1v) is 6.13. The molecule has 0 saturated carbocycles. The van der Waals surface area contributed by atoms with Gasteiger partial charge in [0.2, 0.25) is 0 Å². The number of nitrogens with one attached hydrogen (secondary N) is 2. The summed E-state index contributed by atoms with van der Waals surface area (Å²) in [5, 5.41) is 11.1. The van der Waals surface area contributed by atoms with Crippen LogP contribution in [0.2, 0.25) is 0 Å². The number of nitriles is 1. The number of rotatable bonds is 3. The molecule has 0 fully saturated rings. The molecule has 2 rings (SSSR count). The maximum absolute atomic E-state index is 13.8. The number of hydrogen-bond acceptors (Lipinski definition) is 4. The SMILES string of the molecule is Cc1ccc(NN)c(C(=O)Nc2ccc(C#N)cc2F)c1. The van der Waals surface area contributed by atoms with Crippen molar-refractivity contribution in [3.63, 3.8) is 0 Å². The van der Waals surface area contributed by atoms with Crippen LogP contribution >= 0.6 is 0 Å². The number of nitrogen functional groups attached to an aromatic ring is 1. The fraction of sp³-hybridized carbons (Fsp3) is 0.0667. The standard InChI is InChI=1S/C15H13FN4O/c1-9-2-4-13(20-18)11(6-9)15(21)19-14-5-3-10(8-17)7-12(14)16/h2-7,20H,18H2,1H3,(H,19,21). The Morgan fingerprint density at radius 1 is 1.24 bits per heavy atom. The Labute approximate surface area is 121 Å². The molecule has 2 aromatic rings. The largest absolute Gasteiger partial charge is 0.323 e. The predicted octanol–water partition coefficient (Wildman–Crippen LogP) is 2.54. The Balaban J connectivity index is 2.30. The Bertz CT molecular complexity index is 737. The lowest BCUT2D eigenvalue weighted by atomic mass is 10.1. The monoisotopic (exact) mass is 284 g/mol. The summed E-state index contributed by atoms with van der Waals surface area (Å²) in [7, 11) is 0. The summed E-state index contributed by atoms with van der Waals surface area (Å²) in [6.45, 7) is 1.83. The third kappa shape index (κ3) is 3.16. The Hall–Kier alpha value is -2.91. The number of benzene rings is 2. The molecule has 21 heavy (non-hydrogen) atoms. The van der Waals surface area contributed by atoms with Crippen LogP contribution in [0.25, 0.3) is 0 Å². The van der Waals surface area contributed by atoms with E-state index < -0.39 is 11.7 Å². The molecule has 0 heterocycles. The number of carbonyl (C=O) groups excluding carboxylic acids is 1. The number of aryl methyl sites for hydroxylation is 1. The molecule has 106 valence electrons. The highest BCUT2D eigenvalue weighted by Crippen LogP contribution is 2.20. The highest BCUT2D eigenvalue weighted by atomic mass is 19.1. The van der Waals surface area contributed by atoms with Gasteiger partial charge in [-0.25, -0.2) is 4.39 Å². The summed E-state index contributed by atoms with van der Waals surface area (Å²) in [6.07, 6.45) is 0. The van der Waals surface area contributed by atoms with Gasteiger partial charge >= 0.3 is 0 Å². The molecular formula is C15H13FN4O. The van der Waals surface area contributed by atoms with Gasteiger partial charge in [-0.2, -0.15) is 5.26 Å². The minimum absolute atomic E-state index is 0.00322. The van der Waals surface area contributed by atoms with Crippen LogP contribution in [0.15, 0.2) is 36.4 Å². The average molecular weight is 284 g/mol. The van der Waals surface area contributed by atoms with E-state index >= 15 is 0 Å². The molecule has 0 unspecified atom stereocenters. The van der Waals surface area contributed by atoms with Gasteiger partial charge in [-0.3, -0.25) is 10.6 Å². The van der Waals surface area contributed by atoms with E-state index in [1.807, 2.05) is 13.0 Å². The maximum atomic E-state index is 13.8. The zero-order chi connectivity index (χ0) is 15.4. The summed E-state index contributed by atoms with van der Waals surface area (Å²) in [5.74, 6) is 4.20. The number of nitrogens with zero attached hydrogens (tertiary/aromatic N) is 1. The van der Waals surface area contributed by atoms with Crippen LogP contribution in [0, 0.1) is 24.1 Å². The fourth-order valence-corrected chi connectivity index (χ4v) is 1.85. The van der Waals surface area contributed by atoms with E-state index in [2.05, 4.69) is 10.7 Å². The van der Waals surface area contributed by atoms with Gasteiger partial charge in [-0.05, 0) is 37.3 Å². The van der Waals surface area contributed by atoms with Crippen LogP contribution in [-0.2, 0) is 0 Å². The molecule has 4 N–H and O–H groups in total. The normalized spacial score (nSPS) is 9.81. The first-order valence-electron chi connectivity index (χ1n) is 6.13. The summed E-state index contributed by atoms with van der Waals surface area (Å²) >= 11 is 0. The summed E-state index contributed by atoms with van der Waals surface area (Å²) < 4.78 is 13.8. The molecule has 0 atom stereocenters. The van der Waals surface area contributed by atoms with Crippen molar-refractivity contribution >= 4 is 17.3 Å².